The number of hydrogen-bond donors (Lipinski definition) is 1. The fraction of sp³-hybridized carbons (Fsp3) is 0.667. The van der Waals surface area contributed by atoms with E-state index in [1.807, 2.05) is 17.2 Å². The van der Waals surface area contributed by atoms with Crippen LogP contribution in [0, 0.1) is 6.92 Å². The molecule has 19 heavy (non-hydrogen) atoms. The summed E-state index contributed by atoms with van der Waals surface area (Å²) in [5, 5.41) is 5.34. The summed E-state index contributed by atoms with van der Waals surface area (Å²) in [6.45, 7) is 4.79. The second-order valence-electron chi connectivity index (χ2n) is 4.10. The number of aryl methyl sites for hydroxylation is 1. The largest absolute Gasteiger partial charge is 0.383 e. The van der Waals surface area contributed by atoms with Crippen LogP contribution in [0.1, 0.15) is 5.69 Å². The molecule has 108 valence electrons. The Kier molecular flexibility index (Phi) is 7.57. The molecule has 1 rings (SSSR count). The molecule has 0 spiro atoms. The van der Waals surface area contributed by atoms with E-state index >= 15 is 0 Å². The maximum atomic E-state index is 11.9. The first-order chi connectivity index (χ1) is 9.15. The zero-order valence-corrected chi connectivity index (χ0v) is 12.5. The van der Waals surface area contributed by atoms with Gasteiger partial charge in [-0.05, 0) is 6.92 Å². The van der Waals surface area contributed by atoms with Gasteiger partial charge in [-0.3, -0.25) is 9.69 Å². The van der Waals surface area contributed by atoms with E-state index in [2.05, 4.69) is 10.3 Å². The molecule has 0 unspecified atom stereocenters. The van der Waals surface area contributed by atoms with E-state index in [4.69, 9.17) is 9.47 Å². The molecule has 1 aromatic rings. The molecule has 0 fully saturated rings. The first kappa shape index (κ1) is 16.0. The predicted octanol–water partition coefficient (Wildman–Crippen LogP) is 0.985. The lowest BCUT2D eigenvalue weighted by Crippen LogP contribution is -2.37. The SMILES string of the molecule is COCCN(CCOC)CC(=O)Nc1nc(C)cs1. The molecule has 1 N–H and O–H groups in total. The summed E-state index contributed by atoms with van der Waals surface area (Å²) in [7, 11) is 3.29. The molecule has 0 aliphatic rings. The molecule has 1 aromatic heterocycles. The molecule has 0 aromatic carbocycles. The van der Waals surface area contributed by atoms with Crippen molar-refractivity contribution in [1.29, 1.82) is 0 Å². The van der Waals surface area contributed by atoms with Crippen molar-refractivity contribution in [3.05, 3.63) is 11.1 Å². The summed E-state index contributed by atoms with van der Waals surface area (Å²) in [6.07, 6.45) is 0. The standard InChI is InChI=1S/C12H21N3O3S/c1-10-9-19-12(13-10)14-11(16)8-15(4-6-17-2)5-7-18-3/h9H,4-8H2,1-3H3,(H,13,14,16). The van der Waals surface area contributed by atoms with Gasteiger partial charge in [0.25, 0.3) is 0 Å². The van der Waals surface area contributed by atoms with E-state index in [9.17, 15) is 4.79 Å². The monoisotopic (exact) mass is 287 g/mol. The average molecular weight is 287 g/mol. The van der Waals surface area contributed by atoms with Crippen LogP contribution in [0.2, 0.25) is 0 Å². The van der Waals surface area contributed by atoms with Crippen molar-refractivity contribution in [2.24, 2.45) is 0 Å². The van der Waals surface area contributed by atoms with Crippen molar-refractivity contribution in [2.45, 2.75) is 6.92 Å². The number of amides is 1. The molecule has 7 heteroatoms. The molecule has 0 atom stereocenters. The zero-order chi connectivity index (χ0) is 14.1. The Morgan fingerprint density at radius 1 is 1.37 bits per heavy atom. The minimum Gasteiger partial charge on any atom is -0.383 e. The van der Waals surface area contributed by atoms with Crippen molar-refractivity contribution in [1.82, 2.24) is 9.88 Å². The van der Waals surface area contributed by atoms with E-state index in [0.717, 1.165) is 5.69 Å². The van der Waals surface area contributed by atoms with Crippen LogP contribution in [-0.2, 0) is 14.3 Å². The molecule has 0 radical (unpaired) electrons. The normalized spacial score (nSPS) is 10.9. The van der Waals surface area contributed by atoms with Gasteiger partial charge in [0.1, 0.15) is 0 Å². The van der Waals surface area contributed by atoms with Gasteiger partial charge in [0.2, 0.25) is 5.91 Å². The molecule has 0 aliphatic heterocycles. The minimum absolute atomic E-state index is 0.0680. The first-order valence-corrected chi connectivity index (χ1v) is 6.96. The highest BCUT2D eigenvalue weighted by Gasteiger charge is 2.11. The predicted molar refractivity (Wildman–Crippen MR) is 75.7 cm³/mol. The fourth-order valence-corrected chi connectivity index (χ4v) is 2.19. The Balaban J connectivity index is 2.40. The van der Waals surface area contributed by atoms with Crippen molar-refractivity contribution < 1.29 is 14.3 Å². The van der Waals surface area contributed by atoms with Crippen LogP contribution in [0.4, 0.5) is 5.13 Å². The number of rotatable bonds is 9. The van der Waals surface area contributed by atoms with E-state index in [0.29, 0.717) is 38.0 Å². The third-order valence-electron chi connectivity index (χ3n) is 2.46. The number of carbonyl (C=O) groups excluding carboxylic acids is 1. The van der Waals surface area contributed by atoms with Crippen LogP contribution in [0.3, 0.4) is 0 Å². The Hall–Kier alpha value is -1.02. The van der Waals surface area contributed by atoms with Gasteiger partial charge in [-0.15, -0.1) is 11.3 Å². The Bertz CT molecular complexity index is 376. The summed E-state index contributed by atoms with van der Waals surface area (Å²) in [4.78, 5) is 18.1. The number of carbonyl (C=O) groups is 1. The highest BCUT2D eigenvalue weighted by atomic mass is 32.1. The first-order valence-electron chi connectivity index (χ1n) is 6.08. The second-order valence-corrected chi connectivity index (χ2v) is 4.96. The topological polar surface area (TPSA) is 63.7 Å². The number of nitrogens with zero attached hydrogens (tertiary/aromatic N) is 2. The van der Waals surface area contributed by atoms with E-state index in [-0.39, 0.29) is 5.91 Å². The summed E-state index contributed by atoms with van der Waals surface area (Å²) in [5.74, 6) is -0.0680. The highest BCUT2D eigenvalue weighted by Crippen LogP contribution is 2.14. The minimum atomic E-state index is -0.0680. The number of ether oxygens (including phenoxy) is 2. The summed E-state index contributed by atoms with van der Waals surface area (Å²) in [6, 6.07) is 0. The van der Waals surface area contributed by atoms with Crippen molar-refractivity contribution in [3.63, 3.8) is 0 Å². The molecule has 1 heterocycles. The third kappa shape index (κ3) is 6.63. The van der Waals surface area contributed by atoms with Crippen LogP contribution < -0.4 is 5.32 Å². The maximum Gasteiger partial charge on any atom is 0.240 e. The summed E-state index contributed by atoms with van der Waals surface area (Å²) < 4.78 is 10.1. The number of methoxy groups -OCH3 is 2. The van der Waals surface area contributed by atoms with Crippen LogP contribution in [0.5, 0.6) is 0 Å². The summed E-state index contributed by atoms with van der Waals surface area (Å²) in [5.41, 5.74) is 0.913. The molecular weight excluding hydrogens is 266 g/mol. The maximum absolute atomic E-state index is 11.9. The molecule has 1 amide bonds. The fourth-order valence-electron chi connectivity index (χ4n) is 1.48. The zero-order valence-electron chi connectivity index (χ0n) is 11.6. The van der Waals surface area contributed by atoms with Gasteiger partial charge in [0, 0.05) is 32.7 Å². The van der Waals surface area contributed by atoms with E-state index in [1.165, 1.54) is 11.3 Å². The van der Waals surface area contributed by atoms with Crippen LogP contribution in [0.25, 0.3) is 0 Å². The van der Waals surface area contributed by atoms with Gasteiger partial charge in [0.15, 0.2) is 5.13 Å². The lowest BCUT2D eigenvalue weighted by atomic mass is 10.4. The van der Waals surface area contributed by atoms with Crippen LogP contribution in [0.15, 0.2) is 5.38 Å². The Labute approximate surface area is 117 Å². The van der Waals surface area contributed by atoms with Crippen molar-refractivity contribution in [3.8, 4) is 0 Å². The molecule has 6 nitrogen and oxygen atoms in total. The van der Waals surface area contributed by atoms with Crippen LogP contribution in [-0.4, -0.2) is 62.9 Å². The van der Waals surface area contributed by atoms with Gasteiger partial charge >= 0.3 is 0 Å². The molecule has 0 aliphatic carbocycles. The smallest absolute Gasteiger partial charge is 0.240 e. The lowest BCUT2D eigenvalue weighted by molar-refractivity contribution is -0.117. The Morgan fingerprint density at radius 2 is 2.00 bits per heavy atom. The van der Waals surface area contributed by atoms with Gasteiger partial charge in [-0.2, -0.15) is 0 Å². The van der Waals surface area contributed by atoms with Gasteiger partial charge in [-0.1, -0.05) is 0 Å². The molecule has 0 bridgehead atoms. The quantitative estimate of drug-likeness (QED) is 0.733. The molecule has 0 saturated carbocycles. The van der Waals surface area contributed by atoms with Crippen molar-refractivity contribution >= 4 is 22.4 Å². The van der Waals surface area contributed by atoms with E-state index < -0.39 is 0 Å². The molecular formula is C12H21N3O3S. The number of aromatic nitrogens is 1. The van der Waals surface area contributed by atoms with E-state index in [1.54, 1.807) is 14.2 Å². The average Bonchev–Trinajstić information content (AvgIpc) is 2.78. The Morgan fingerprint density at radius 3 is 2.47 bits per heavy atom. The van der Waals surface area contributed by atoms with Gasteiger partial charge < -0.3 is 14.8 Å². The second kappa shape index (κ2) is 8.98. The third-order valence-corrected chi connectivity index (χ3v) is 3.33. The number of nitrogens with one attached hydrogen (secondary N) is 1. The number of thiazole rings is 1. The summed E-state index contributed by atoms with van der Waals surface area (Å²) >= 11 is 1.43. The van der Waals surface area contributed by atoms with Gasteiger partial charge in [0.05, 0.1) is 25.5 Å². The van der Waals surface area contributed by atoms with Crippen molar-refractivity contribution in [2.75, 3.05) is 52.4 Å². The number of hydrogen-bond acceptors (Lipinski definition) is 6. The lowest BCUT2D eigenvalue weighted by Gasteiger charge is -2.20. The highest BCUT2D eigenvalue weighted by molar-refractivity contribution is 7.13. The van der Waals surface area contributed by atoms with Gasteiger partial charge in [-0.25, -0.2) is 4.98 Å². The number of anilines is 1. The van der Waals surface area contributed by atoms with Crippen LogP contribution >= 0.6 is 11.3 Å². The molecule has 0 saturated heterocycles.